The SMILES string of the molecule is CC(C)(CNC(=O)C1CCCO1)NC(=O)OC(C)(C)C. The van der Waals surface area contributed by atoms with Crippen molar-refractivity contribution in [3.05, 3.63) is 0 Å². The highest BCUT2D eigenvalue weighted by molar-refractivity contribution is 5.81. The second-order valence-electron chi connectivity index (χ2n) is 6.73. The van der Waals surface area contributed by atoms with Crippen LogP contribution >= 0.6 is 0 Å². The molecule has 0 bridgehead atoms. The molecule has 0 saturated carbocycles. The van der Waals surface area contributed by atoms with Crippen LogP contribution in [0.1, 0.15) is 47.5 Å². The van der Waals surface area contributed by atoms with Crippen LogP contribution in [0.25, 0.3) is 0 Å². The van der Waals surface area contributed by atoms with Crippen molar-refractivity contribution in [2.45, 2.75) is 64.7 Å². The standard InChI is InChI=1S/C14H26N2O4/c1-13(2,3)20-12(18)16-14(4,5)9-15-11(17)10-7-6-8-19-10/h10H,6-9H2,1-5H3,(H,15,17)(H,16,18). The lowest BCUT2D eigenvalue weighted by molar-refractivity contribution is -0.130. The van der Waals surface area contributed by atoms with Crippen LogP contribution in [0, 0.1) is 0 Å². The third-order valence-electron chi connectivity index (χ3n) is 2.77. The molecule has 1 fully saturated rings. The van der Waals surface area contributed by atoms with Crippen molar-refractivity contribution in [1.29, 1.82) is 0 Å². The zero-order valence-electron chi connectivity index (χ0n) is 13.0. The fourth-order valence-electron chi connectivity index (χ4n) is 1.83. The van der Waals surface area contributed by atoms with E-state index in [1.54, 1.807) is 20.8 Å². The normalized spacial score (nSPS) is 19.6. The first kappa shape index (κ1) is 16.8. The maximum Gasteiger partial charge on any atom is 0.408 e. The van der Waals surface area contributed by atoms with Crippen LogP contribution in [0.4, 0.5) is 4.79 Å². The topological polar surface area (TPSA) is 76.7 Å². The molecule has 0 aliphatic carbocycles. The number of hydrogen-bond acceptors (Lipinski definition) is 4. The summed E-state index contributed by atoms with van der Waals surface area (Å²) in [6, 6.07) is 0. The number of nitrogens with one attached hydrogen (secondary N) is 2. The average molecular weight is 286 g/mol. The fraction of sp³-hybridized carbons (Fsp3) is 0.857. The van der Waals surface area contributed by atoms with E-state index >= 15 is 0 Å². The Bertz CT molecular complexity index is 355. The summed E-state index contributed by atoms with van der Waals surface area (Å²) < 4.78 is 10.5. The molecule has 0 aromatic heterocycles. The minimum absolute atomic E-state index is 0.124. The number of hydrogen-bond donors (Lipinski definition) is 2. The molecule has 2 N–H and O–H groups in total. The van der Waals surface area contributed by atoms with Crippen molar-refractivity contribution in [2.75, 3.05) is 13.2 Å². The van der Waals surface area contributed by atoms with Gasteiger partial charge in [-0.2, -0.15) is 0 Å². The van der Waals surface area contributed by atoms with Gasteiger partial charge in [-0.15, -0.1) is 0 Å². The Hall–Kier alpha value is -1.30. The predicted molar refractivity (Wildman–Crippen MR) is 75.4 cm³/mol. The van der Waals surface area contributed by atoms with Crippen molar-refractivity contribution < 1.29 is 19.1 Å². The molecule has 6 nitrogen and oxygen atoms in total. The molecular formula is C14H26N2O4. The summed E-state index contributed by atoms with van der Waals surface area (Å²) in [5.41, 5.74) is -1.13. The minimum Gasteiger partial charge on any atom is -0.444 e. The number of alkyl carbamates (subject to hydrolysis) is 1. The molecule has 20 heavy (non-hydrogen) atoms. The molecular weight excluding hydrogens is 260 g/mol. The van der Waals surface area contributed by atoms with Crippen LogP contribution < -0.4 is 10.6 Å². The smallest absolute Gasteiger partial charge is 0.408 e. The highest BCUT2D eigenvalue weighted by Crippen LogP contribution is 2.12. The van der Waals surface area contributed by atoms with Gasteiger partial charge in [-0.1, -0.05) is 0 Å². The molecule has 116 valence electrons. The van der Waals surface area contributed by atoms with Crippen LogP contribution in [0.2, 0.25) is 0 Å². The molecule has 1 aliphatic rings. The van der Waals surface area contributed by atoms with Crippen LogP contribution in [-0.2, 0) is 14.3 Å². The zero-order chi connectivity index (χ0) is 15.4. The third-order valence-corrected chi connectivity index (χ3v) is 2.77. The van der Waals surface area contributed by atoms with E-state index in [1.165, 1.54) is 0 Å². The molecule has 1 saturated heterocycles. The van der Waals surface area contributed by atoms with Gasteiger partial charge in [0, 0.05) is 13.2 Å². The molecule has 1 unspecified atom stereocenters. The Morgan fingerprint density at radius 1 is 1.25 bits per heavy atom. The maximum atomic E-state index is 11.8. The lowest BCUT2D eigenvalue weighted by Gasteiger charge is -2.29. The minimum atomic E-state index is -0.587. The van der Waals surface area contributed by atoms with Crippen LogP contribution in [0.5, 0.6) is 0 Å². The van der Waals surface area contributed by atoms with Gasteiger partial charge < -0.3 is 20.1 Å². The predicted octanol–water partition coefficient (Wildman–Crippen LogP) is 1.58. The molecule has 0 aromatic carbocycles. The maximum absolute atomic E-state index is 11.8. The number of ether oxygens (including phenoxy) is 2. The Morgan fingerprint density at radius 3 is 2.40 bits per heavy atom. The van der Waals surface area contributed by atoms with E-state index in [0.29, 0.717) is 13.2 Å². The van der Waals surface area contributed by atoms with Crippen molar-refractivity contribution in [3.63, 3.8) is 0 Å². The first-order chi connectivity index (χ1) is 9.09. The zero-order valence-corrected chi connectivity index (χ0v) is 13.0. The van der Waals surface area contributed by atoms with Gasteiger partial charge in [0.25, 0.3) is 0 Å². The summed E-state index contributed by atoms with van der Waals surface area (Å²) in [7, 11) is 0. The van der Waals surface area contributed by atoms with E-state index < -0.39 is 17.2 Å². The van der Waals surface area contributed by atoms with E-state index in [1.807, 2.05) is 13.8 Å². The molecule has 0 aromatic rings. The summed E-state index contributed by atoms with van der Waals surface area (Å²) in [6.07, 6.45) is 0.824. The van der Waals surface area contributed by atoms with Gasteiger partial charge in [0.1, 0.15) is 11.7 Å². The summed E-state index contributed by atoms with van der Waals surface area (Å²) in [5, 5.41) is 5.54. The monoisotopic (exact) mass is 286 g/mol. The first-order valence-electron chi connectivity index (χ1n) is 6.99. The summed E-state index contributed by atoms with van der Waals surface area (Å²) in [4.78, 5) is 23.5. The Morgan fingerprint density at radius 2 is 1.90 bits per heavy atom. The number of carbonyl (C=O) groups is 2. The summed E-state index contributed by atoms with van der Waals surface area (Å²) in [5.74, 6) is -0.124. The quantitative estimate of drug-likeness (QED) is 0.822. The van der Waals surface area contributed by atoms with E-state index in [-0.39, 0.29) is 12.0 Å². The third kappa shape index (κ3) is 6.23. The lowest BCUT2D eigenvalue weighted by atomic mass is 10.1. The van der Waals surface area contributed by atoms with Gasteiger partial charge in [-0.3, -0.25) is 4.79 Å². The second kappa shape index (κ2) is 6.43. The van der Waals surface area contributed by atoms with Gasteiger partial charge in [-0.05, 0) is 47.5 Å². The molecule has 1 heterocycles. The van der Waals surface area contributed by atoms with Gasteiger partial charge in [-0.25, -0.2) is 4.79 Å². The Labute approximate surface area is 120 Å². The Kier molecular flexibility index (Phi) is 5.39. The fourth-order valence-corrected chi connectivity index (χ4v) is 1.83. The van der Waals surface area contributed by atoms with Crippen molar-refractivity contribution in [2.24, 2.45) is 0 Å². The van der Waals surface area contributed by atoms with E-state index in [4.69, 9.17) is 9.47 Å². The summed E-state index contributed by atoms with van der Waals surface area (Å²) in [6.45, 7) is 10.0. The van der Waals surface area contributed by atoms with Gasteiger partial charge in [0.05, 0.1) is 5.54 Å². The van der Waals surface area contributed by atoms with E-state index in [9.17, 15) is 9.59 Å². The molecule has 0 spiro atoms. The van der Waals surface area contributed by atoms with Crippen molar-refractivity contribution >= 4 is 12.0 Å². The molecule has 1 rings (SSSR count). The van der Waals surface area contributed by atoms with E-state index in [2.05, 4.69) is 10.6 Å². The highest BCUT2D eigenvalue weighted by atomic mass is 16.6. The van der Waals surface area contributed by atoms with Gasteiger partial charge in [0.15, 0.2) is 0 Å². The number of amides is 2. The average Bonchev–Trinajstić information content (AvgIpc) is 2.75. The highest BCUT2D eigenvalue weighted by Gasteiger charge is 2.28. The number of carbonyl (C=O) groups excluding carboxylic acids is 2. The molecule has 2 amide bonds. The molecule has 6 heteroatoms. The van der Waals surface area contributed by atoms with E-state index in [0.717, 1.165) is 12.8 Å². The molecule has 0 radical (unpaired) electrons. The lowest BCUT2D eigenvalue weighted by Crippen LogP contribution is -2.53. The van der Waals surface area contributed by atoms with Crippen molar-refractivity contribution in [3.8, 4) is 0 Å². The first-order valence-corrected chi connectivity index (χ1v) is 6.99. The second-order valence-corrected chi connectivity index (χ2v) is 6.73. The molecule has 1 aliphatic heterocycles. The summed E-state index contributed by atoms with van der Waals surface area (Å²) >= 11 is 0. The van der Waals surface area contributed by atoms with Gasteiger partial charge >= 0.3 is 6.09 Å². The van der Waals surface area contributed by atoms with Crippen molar-refractivity contribution in [1.82, 2.24) is 10.6 Å². The van der Waals surface area contributed by atoms with Crippen LogP contribution in [-0.4, -0.2) is 42.4 Å². The van der Waals surface area contributed by atoms with Crippen LogP contribution in [0.3, 0.4) is 0 Å². The largest absolute Gasteiger partial charge is 0.444 e. The van der Waals surface area contributed by atoms with Crippen LogP contribution in [0.15, 0.2) is 0 Å². The van der Waals surface area contributed by atoms with Gasteiger partial charge in [0.2, 0.25) is 5.91 Å². The number of rotatable bonds is 4. The Balaban J connectivity index is 2.36. The molecule has 1 atom stereocenters.